The lowest BCUT2D eigenvalue weighted by molar-refractivity contribution is 0.375. The molecule has 0 aliphatic rings. The summed E-state index contributed by atoms with van der Waals surface area (Å²) in [5, 5.41) is 14.2. The lowest BCUT2D eigenvalue weighted by Gasteiger charge is -2.34. The van der Waals surface area contributed by atoms with E-state index in [1.165, 1.54) is 0 Å². The summed E-state index contributed by atoms with van der Waals surface area (Å²) in [5.41, 5.74) is 3.75. The Morgan fingerprint density at radius 1 is 0.880 bits per heavy atom. The minimum atomic E-state index is -4.19. The number of hydrogen-bond acceptors (Lipinski definition) is 3. The van der Waals surface area contributed by atoms with Crippen molar-refractivity contribution in [3.8, 4) is 5.75 Å². The summed E-state index contributed by atoms with van der Waals surface area (Å²) in [6, 6.07) is 0. The summed E-state index contributed by atoms with van der Waals surface area (Å²) in [7, 11) is -4.19. The smallest absolute Gasteiger partial charge is 0.344 e. The number of phenolic OH excluding ortho intramolecular Hbond substituents is 1. The van der Waals surface area contributed by atoms with Crippen LogP contribution in [0.5, 0.6) is 5.75 Å². The molecule has 0 radical (unpaired) electrons. The van der Waals surface area contributed by atoms with Crippen molar-refractivity contribution in [2.45, 2.75) is 79.1 Å². The molecule has 1 aromatic carbocycles. The maximum Gasteiger partial charge on any atom is 0.344 e. The van der Waals surface area contributed by atoms with Crippen LogP contribution in [0.3, 0.4) is 0 Å². The molecule has 6 heteroatoms. The van der Waals surface area contributed by atoms with Crippen LogP contribution in [0.25, 0.3) is 0 Å². The van der Waals surface area contributed by atoms with Crippen molar-refractivity contribution in [3.63, 3.8) is 0 Å². The first-order valence-electron chi connectivity index (χ1n) is 8.85. The minimum Gasteiger partial charge on any atom is -0.507 e. The highest BCUT2D eigenvalue weighted by Crippen LogP contribution is 2.48. The van der Waals surface area contributed by atoms with Crippen molar-refractivity contribution in [3.05, 3.63) is 22.3 Å². The van der Waals surface area contributed by atoms with Crippen molar-refractivity contribution in [1.29, 1.82) is 0 Å². The fourth-order valence-electron chi connectivity index (χ4n) is 3.56. The van der Waals surface area contributed by atoms with E-state index in [1.54, 1.807) is 0 Å². The van der Waals surface area contributed by atoms with Crippen LogP contribution in [0, 0.1) is 0 Å². The monoisotopic (exact) mass is 371 g/mol. The molecule has 0 unspecified atom stereocenters. The van der Waals surface area contributed by atoms with Crippen molar-refractivity contribution in [2.75, 3.05) is 11.6 Å². The number of rotatable bonds is 5. The second-order valence-corrected chi connectivity index (χ2v) is 10.3. The van der Waals surface area contributed by atoms with Gasteiger partial charge in [-0.05, 0) is 34.8 Å². The normalized spacial score (nSPS) is 13.2. The van der Waals surface area contributed by atoms with Gasteiger partial charge in [-0.1, -0.05) is 55.4 Å². The molecule has 4 N–H and O–H groups in total. The molecule has 0 fully saturated rings. The van der Waals surface area contributed by atoms with Gasteiger partial charge in [0.2, 0.25) is 0 Å². The molecule has 0 amide bonds. The standard InChI is InChI=1S/C19H34NO4P/c1-9-12-14(18(3,4)5)17(21)15(19(6,7)8)13(10-2)16(12)20-11-25(22,23)24/h20-21H,9-11H2,1-8H3,(H2,22,23,24). The Bertz CT molecular complexity index is 635. The fourth-order valence-corrected chi connectivity index (χ4v) is 3.93. The van der Waals surface area contributed by atoms with Crippen molar-refractivity contribution < 1.29 is 19.5 Å². The quantitative estimate of drug-likeness (QED) is 0.446. The predicted molar refractivity (Wildman–Crippen MR) is 105 cm³/mol. The van der Waals surface area contributed by atoms with E-state index in [0.717, 1.165) is 27.9 Å². The molecule has 25 heavy (non-hydrogen) atoms. The number of anilines is 1. The van der Waals surface area contributed by atoms with E-state index in [0.29, 0.717) is 18.6 Å². The van der Waals surface area contributed by atoms with Gasteiger partial charge in [0.25, 0.3) is 0 Å². The lowest BCUT2D eigenvalue weighted by atomic mass is 9.73. The van der Waals surface area contributed by atoms with Crippen LogP contribution in [0.15, 0.2) is 0 Å². The average molecular weight is 371 g/mol. The molecule has 5 nitrogen and oxygen atoms in total. The molecular weight excluding hydrogens is 337 g/mol. The molecule has 0 aromatic heterocycles. The van der Waals surface area contributed by atoms with Crippen LogP contribution < -0.4 is 5.32 Å². The third-order valence-electron chi connectivity index (χ3n) is 4.35. The summed E-state index contributed by atoms with van der Waals surface area (Å²) >= 11 is 0. The first-order valence-corrected chi connectivity index (χ1v) is 10.6. The molecule has 0 heterocycles. The number of aromatic hydroxyl groups is 1. The van der Waals surface area contributed by atoms with Gasteiger partial charge >= 0.3 is 7.60 Å². The molecule has 0 bridgehead atoms. The molecule has 1 aromatic rings. The Kier molecular flexibility index (Phi) is 6.43. The molecule has 0 atom stereocenters. The topological polar surface area (TPSA) is 89.8 Å². The first-order chi connectivity index (χ1) is 11.1. The van der Waals surface area contributed by atoms with E-state index in [2.05, 4.69) is 5.32 Å². The Hall–Kier alpha value is -1.03. The Labute approximate surface area is 152 Å². The Morgan fingerprint density at radius 2 is 1.24 bits per heavy atom. The highest BCUT2D eigenvalue weighted by Gasteiger charge is 2.33. The molecule has 0 aliphatic carbocycles. The SMILES string of the molecule is CCc1c(NCP(=O)(O)O)c(CC)c(C(C)(C)C)c(O)c1C(C)(C)C. The van der Waals surface area contributed by atoms with Crippen LogP contribution in [0.1, 0.15) is 77.6 Å². The summed E-state index contributed by atoms with van der Waals surface area (Å²) < 4.78 is 11.4. The Balaban J connectivity index is 3.92. The molecule has 144 valence electrons. The minimum absolute atomic E-state index is 0.291. The van der Waals surface area contributed by atoms with E-state index in [4.69, 9.17) is 0 Å². The number of benzene rings is 1. The van der Waals surface area contributed by atoms with Gasteiger partial charge in [0.15, 0.2) is 0 Å². The van der Waals surface area contributed by atoms with Gasteiger partial charge in [0.1, 0.15) is 12.0 Å². The lowest BCUT2D eigenvalue weighted by Crippen LogP contribution is -2.23. The van der Waals surface area contributed by atoms with Crippen LogP contribution >= 0.6 is 7.60 Å². The zero-order chi connectivity index (χ0) is 19.8. The van der Waals surface area contributed by atoms with Gasteiger partial charge in [0, 0.05) is 16.8 Å². The fraction of sp³-hybridized carbons (Fsp3) is 0.684. The van der Waals surface area contributed by atoms with E-state index >= 15 is 0 Å². The summed E-state index contributed by atoms with van der Waals surface area (Å²) in [6.07, 6.45) is 0.924. The molecule has 0 aliphatic heterocycles. The van der Waals surface area contributed by atoms with Crippen LogP contribution in [-0.4, -0.2) is 21.2 Å². The number of nitrogens with one attached hydrogen (secondary N) is 1. The summed E-state index contributed by atoms with van der Waals surface area (Å²) in [5.74, 6) is 0.315. The maximum atomic E-state index is 11.4. The maximum absolute atomic E-state index is 11.4. The van der Waals surface area contributed by atoms with Gasteiger partial charge in [-0.2, -0.15) is 0 Å². The van der Waals surface area contributed by atoms with Crippen molar-refractivity contribution >= 4 is 13.3 Å². The molecule has 0 spiro atoms. The number of hydrogen-bond donors (Lipinski definition) is 4. The summed E-state index contributed by atoms with van der Waals surface area (Å²) in [6.45, 7) is 16.3. The van der Waals surface area contributed by atoms with Crippen LogP contribution in [-0.2, 0) is 28.2 Å². The first kappa shape index (κ1) is 22.0. The van der Waals surface area contributed by atoms with E-state index in [9.17, 15) is 19.5 Å². The largest absolute Gasteiger partial charge is 0.507 e. The predicted octanol–water partition coefficient (Wildman–Crippen LogP) is 4.66. The van der Waals surface area contributed by atoms with Crippen LogP contribution in [0.2, 0.25) is 0 Å². The van der Waals surface area contributed by atoms with E-state index in [-0.39, 0.29) is 10.8 Å². The second-order valence-electron chi connectivity index (χ2n) is 8.64. The van der Waals surface area contributed by atoms with Crippen molar-refractivity contribution in [1.82, 2.24) is 0 Å². The highest BCUT2D eigenvalue weighted by atomic mass is 31.2. The summed E-state index contributed by atoms with van der Waals surface area (Å²) in [4.78, 5) is 18.6. The third-order valence-corrected chi connectivity index (χ3v) is 4.92. The Morgan fingerprint density at radius 3 is 1.48 bits per heavy atom. The third kappa shape index (κ3) is 4.99. The van der Waals surface area contributed by atoms with Crippen LogP contribution in [0.4, 0.5) is 5.69 Å². The van der Waals surface area contributed by atoms with E-state index < -0.39 is 13.9 Å². The zero-order valence-corrected chi connectivity index (χ0v) is 17.7. The molecule has 0 saturated carbocycles. The van der Waals surface area contributed by atoms with Gasteiger partial charge in [-0.3, -0.25) is 4.57 Å². The second kappa shape index (κ2) is 7.30. The molecular formula is C19H34NO4P. The van der Waals surface area contributed by atoms with Gasteiger partial charge in [0.05, 0.1) is 0 Å². The van der Waals surface area contributed by atoms with Gasteiger partial charge in [-0.15, -0.1) is 0 Å². The van der Waals surface area contributed by atoms with Gasteiger partial charge < -0.3 is 20.2 Å². The zero-order valence-electron chi connectivity index (χ0n) is 16.8. The van der Waals surface area contributed by atoms with E-state index in [1.807, 2.05) is 55.4 Å². The number of phenols is 1. The van der Waals surface area contributed by atoms with Gasteiger partial charge in [-0.25, -0.2) is 0 Å². The highest BCUT2D eigenvalue weighted by molar-refractivity contribution is 7.51. The average Bonchev–Trinajstić information content (AvgIpc) is 2.40. The molecule has 0 saturated heterocycles. The van der Waals surface area contributed by atoms with Crippen molar-refractivity contribution in [2.24, 2.45) is 0 Å². The molecule has 1 rings (SSSR count).